The Bertz CT molecular complexity index is 350. The van der Waals surface area contributed by atoms with E-state index in [1.165, 1.54) is 31.5 Å². The van der Waals surface area contributed by atoms with Gasteiger partial charge in [0, 0.05) is 29.8 Å². The third kappa shape index (κ3) is 3.68. The van der Waals surface area contributed by atoms with Crippen LogP contribution in [0.5, 0.6) is 0 Å². The molecule has 0 bridgehead atoms. The molecule has 1 atom stereocenters. The van der Waals surface area contributed by atoms with Crippen LogP contribution < -0.4 is 10.2 Å². The van der Waals surface area contributed by atoms with Gasteiger partial charge in [-0.2, -0.15) is 0 Å². The molecule has 1 aromatic rings. The summed E-state index contributed by atoms with van der Waals surface area (Å²) in [7, 11) is 0. The van der Waals surface area contributed by atoms with Crippen molar-refractivity contribution in [2.75, 3.05) is 24.5 Å². The maximum atomic E-state index is 4.25. The summed E-state index contributed by atoms with van der Waals surface area (Å²) in [5.74, 6) is 0. The summed E-state index contributed by atoms with van der Waals surface area (Å²) in [6.45, 7) is 5.57. The molecule has 1 aliphatic rings. The summed E-state index contributed by atoms with van der Waals surface area (Å²) >= 11 is 3.49. The van der Waals surface area contributed by atoms with Gasteiger partial charge in [-0.3, -0.25) is 4.98 Å². The van der Waals surface area contributed by atoms with Crippen molar-refractivity contribution in [2.24, 2.45) is 0 Å². The smallest absolute Gasteiger partial charge is 0.0564 e. The number of anilines is 1. The highest BCUT2D eigenvalue weighted by Crippen LogP contribution is 2.20. The van der Waals surface area contributed by atoms with Crippen LogP contribution in [0.15, 0.2) is 22.9 Å². The fourth-order valence-corrected chi connectivity index (χ4v) is 2.70. The largest absolute Gasteiger partial charge is 0.369 e. The molecule has 0 spiro atoms. The number of aromatic nitrogens is 1. The highest BCUT2D eigenvalue weighted by Gasteiger charge is 2.18. The second kappa shape index (κ2) is 6.36. The summed E-state index contributed by atoms with van der Waals surface area (Å²) in [6.07, 6.45) is 7.55. The Balaban J connectivity index is 2.04. The van der Waals surface area contributed by atoms with Gasteiger partial charge in [0.25, 0.3) is 0 Å². The molecule has 1 fully saturated rings. The zero-order chi connectivity index (χ0) is 12.1. The van der Waals surface area contributed by atoms with Crippen LogP contribution in [0.1, 0.15) is 26.2 Å². The van der Waals surface area contributed by atoms with E-state index < -0.39 is 0 Å². The lowest BCUT2D eigenvalue weighted by Crippen LogP contribution is -2.38. The van der Waals surface area contributed by atoms with Crippen LogP contribution in [0.25, 0.3) is 0 Å². The lowest BCUT2D eigenvalue weighted by Gasteiger charge is -2.27. The molecule has 94 valence electrons. The van der Waals surface area contributed by atoms with E-state index in [4.69, 9.17) is 0 Å². The van der Waals surface area contributed by atoms with Gasteiger partial charge in [-0.1, -0.05) is 6.92 Å². The predicted molar refractivity (Wildman–Crippen MR) is 75.5 cm³/mol. The molecule has 1 N–H and O–H groups in total. The van der Waals surface area contributed by atoms with Gasteiger partial charge in [-0.15, -0.1) is 0 Å². The standard InChI is InChI=1S/C13H20BrN3/c1-2-6-17(10-12-4-3-5-16-12)13-7-11(14)8-15-9-13/h7-9,12,16H,2-6,10H2,1H3. The molecule has 1 saturated heterocycles. The third-order valence-electron chi connectivity index (χ3n) is 3.15. The number of hydrogen-bond donors (Lipinski definition) is 1. The predicted octanol–water partition coefficient (Wildman–Crippen LogP) is 2.81. The van der Waals surface area contributed by atoms with E-state index in [0.717, 1.165) is 17.6 Å². The number of nitrogens with one attached hydrogen (secondary N) is 1. The third-order valence-corrected chi connectivity index (χ3v) is 3.59. The van der Waals surface area contributed by atoms with Gasteiger partial charge in [-0.25, -0.2) is 0 Å². The second-order valence-electron chi connectivity index (χ2n) is 4.60. The SMILES string of the molecule is CCCN(CC1CCCN1)c1cncc(Br)c1. The maximum absolute atomic E-state index is 4.25. The molecule has 1 aromatic heterocycles. The normalized spacial score (nSPS) is 19.5. The van der Waals surface area contributed by atoms with Gasteiger partial charge in [0.1, 0.15) is 0 Å². The van der Waals surface area contributed by atoms with Gasteiger partial charge >= 0.3 is 0 Å². The highest BCUT2D eigenvalue weighted by atomic mass is 79.9. The Kier molecular flexibility index (Phi) is 4.80. The van der Waals surface area contributed by atoms with E-state index in [1.807, 2.05) is 12.4 Å². The Morgan fingerprint density at radius 2 is 2.41 bits per heavy atom. The summed E-state index contributed by atoms with van der Waals surface area (Å²) in [6, 6.07) is 2.79. The van der Waals surface area contributed by atoms with E-state index in [2.05, 4.69) is 44.1 Å². The number of hydrogen-bond acceptors (Lipinski definition) is 3. The molecular weight excluding hydrogens is 278 g/mol. The first-order chi connectivity index (χ1) is 8.29. The first-order valence-electron chi connectivity index (χ1n) is 6.38. The van der Waals surface area contributed by atoms with Gasteiger partial charge in [0.05, 0.1) is 11.9 Å². The van der Waals surface area contributed by atoms with Crippen molar-refractivity contribution < 1.29 is 0 Å². The summed E-state index contributed by atoms with van der Waals surface area (Å²) < 4.78 is 1.05. The number of rotatable bonds is 5. The Morgan fingerprint density at radius 1 is 1.53 bits per heavy atom. The summed E-state index contributed by atoms with van der Waals surface area (Å²) in [5, 5.41) is 3.56. The van der Waals surface area contributed by atoms with E-state index in [1.54, 1.807) is 0 Å². The van der Waals surface area contributed by atoms with Crippen molar-refractivity contribution in [2.45, 2.75) is 32.2 Å². The molecule has 0 aromatic carbocycles. The van der Waals surface area contributed by atoms with Crippen LogP contribution in [-0.2, 0) is 0 Å². The molecule has 17 heavy (non-hydrogen) atoms. The molecule has 1 aliphatic heterocycles. The molecule has 3 nitrogen and oxygen atoms in total. The van der Waals surface area contributed by atoms with Gasteiger partial charge in [-0.05, 0) is 47.8 Å². The van der Waals surface area contributed by atoms with E-state index >= 15 is 0 Å². The highest BCUT2D eigenvalue weighted by molar-refractivity contribution is 9.10. The topological polar surface area (TPSA) is 28.2 Å². The summed E-state index contributed by atoms with van der Waals surface area (Å²) in [5.41, 5.74) is 1.22. The Morgan fingerprint density at radius 3 is 3.06 bits per heavy atom. The lowest BCUT2D eigenvalue weighted by molar-refractivity contribution is 0.578. The van der Waals surface area contributed by atoms with Crippen molar-refractivity contribution >= 4 is 21.6 Å². The zero-order valence-electron chi connectivity index (χ0n) is 10.3. The van der Waals surface area contributed by atoms with Crippen LogP contribution in [0, 0.1) is 0 Å². The summed E-state index contributed by atoms with van der Waals surface area (Å²) in [4.78, 5) is 6.68. The second-order valence-corrected chi connectivity index (χ2v) is 5.52. The molecule has 0 radical (unpaired) electrons. The number of pyridine rings is 1. The quantitative estimate of drug-likeness (QED) is 0.906. The molecular formula is C13H20BrN3. The van der Waals surface area contributed by atoms with Crippen molar-refractivity contribution in [3.63, 3.8) is 0 Å². The minimum Gasteiger partial charge on any atom is -0.369 e. The molecule has 2 rings (SSSR count). The molecule has 1 unspecified atom stereocenters. The van der Waals surface area contributed by atoms with Gasteiger partial charge in [0.2, 0.25) is 0 Å². The maximum Gasteiger partial charge on any atom is 0.0564 e. The van der Waals surface area contributed by atoms with Crippen molar-refractivity contribution in [1.82, 2.24) is 10.3 Å². The average Bonchev–Trinajstić information content (AvgIpc) is 2.81. The van der Waals surface area contributed by atoms with Crippen LogP contribution in [0.2, 0.25) is 0 Å². The molecule has 0 aliphatic carbocycles. The van der Waals surface area contributed by atoms with Crippen LogP contribution in [0.3, 0.4) is 0 Å². The zero-order valence-corrected chi connectivity index (χ0v) is 11.9. The lowest BCUT2D eigenvalue weighted by atomic mass is 10.2. The van der Waals surface area contributed by atoms with Gasteiger partial charge < -0.3 is 10.2 Å². The average molecular weight is 298 g/mol. The van der Waals surface area contributed by atoms with E-state index in [0.29, 0.717) is 6.04 Å². The van der Waals surface area contributed by atoms with Gasteiger partial charge in [0.15, 0.2) is 0 Å². The first-order valence-corrected chi connectivity index (χ1v) is 7.17. The van der Waals surface area contributed by atoms with Crippen molar-refractivity contribution in [1.29, 1.82) is 0 Å². The molecule has 4 heteroatoms. The van der Waals surface area contributed by atoms with Crippen LogP contribution in [-0.4, -0.2) is 30.7 Å². The van der Waals surface area contributed by atoms with E-state index in [-0.39, 0.29) is 0 Å². The van der Waals surface area contributed by atoms with Crippen LogP contribution in [0.4, 0.5) is 5.69 Å². The minimum atomic E-state index is 0.639. The van der Waals surface area contributed by atoms with Crippen molar-refractivity contribution in [3.8, 4) is 0 Å². The monoisotopic (exact) mass is 297 g/mol. The molecule has 0 saturated carbocycles. The number of nitrogens with zero attached hydrogens (tertiary/aromatic N) is 2. The Hall–Kier alpha value is -0.610. The fraction of sp³-hybridized carbons (Fsp3) is 0.615. The van der Waals surface area contributed by atoms with Crippen molar-refractivity contribution in [3.05, 3.63) is 22.9 Å². The first kappa shape index (κ1) is 12.8. The minimum absolute atomic E-state index is 0.639. The van der Waals surface area contributed by atoms with E-state index in [9.17, 15) is 0 Å². The molecule has 0 amide bonds. The Labute approximate surface area is 112 Å². The van der Waals surface area contributed by atoms with Crippen LogP contribution >= 0.6 is 15.9 Å². The fourth-order valence-electron chi connectivity index (χ4n) is 2.35. The number of halogens is 1. The molecule has 2 heterocycles.